The van der Waals surface area contributed by atoms with Gasteiger partial charge in [0.05, 0.1) is 5.56 Å². The van der Waals surface area contributed by atoms with Gasteiger partial charge in [-0.1, -0.05) is 60.7 Å². The molecule has 0 spiro atoms. The highest BCUT2D eigenvalue weighted by Crippen LogP contribution is 2.34. The van der Waals surface area contributed by atoms with E-state index in [2.05, 4.69) is 15.0 Å². The van der Waals surface area contributed by atoms with Gasteiger partial charge in [-0.05, 0) is 35.4 Å². The van der Waals surface area contributed by atoms with E-state index in [4.69, 9.17) is 0 Å². The van der Waals surface area contributed by atoms with Gasteiger partial charge >= 0.3 is 6.36 Å². The third kappa shape index (κ3) is 5.13. The fraction of sp³-hybridized carbons (Fsp3) is 0.0400. The van der Waals surface area contributed by atoms with E-state index in [0.717, 1.165) is 11.1 Å². The molecule has 4 nitrogen and oxygen atoms in total. The van der Waals surface area contributed by atoms with Crippen LogP contribution in [0, 0.1) is 0 Å². The Kier molecular flexibility index (Phi) is 5.89. The number of rotatable bonds is 5. The number of nitrogens with one attached hydrogen (secondary N) is 1. The molecule has 160 valence electrons. The van der Waals surface area contributed by atoms with Gasteiger partial charge in [-0.25, -0.2) is 0 Å². The summed E-state index contributed by atoms with van der Waals surface area (Å²) in [6.45, 7) is 0. The van der Waals surface area contributed by atoms with E-state index in [0.29, 0.717) is 16.8 Å². The summed E-state index contributed by atoms with van der Waals surface area (Å²) in [6, 6.07) is 23.6. The third-order valence-corrected chi connectivity index (χ3v) is 4.65. The molecule has 32 heavy (non-hydrogen) atoms. The number of amides is 1. The summed E-state index contributed by atoms with van der Waals surface area (Å²) in [6.07, 6.45) is -1.68. The van der Waals surface area contributed by atoms with Gasteiger partial charge in [-0.15, -0.1) is 13.2 Å². The molecule has 0 atom stereocenters. The third-order valence-electron chi connectivity index (χ3n) is 4.65. The van der Waals surface area contributed by atoms with E-state index >= 15 is 0 Å². The number of aromatic nitrogens is 1. The van der Waals surface area contributed by atoms with E-state index in [1.807, 2.05) is 30.3 Å². The lowest BCUT2D eigenvalue weighted by molar-refractivity contribution is -0.274. The Bertz CT molecular complexity index is 1240. The van der Waals surface area contributed by atoms with Gasteiger partial charge in [0.25, 0.3) is 5.91 Å². The molecule has 4 rings (SSSR count). The SMILES string of the molecule is O=C(Nc1cccc(-c2ccccc2OC(F)(F)F)c1)c1cncc(-c2ccccc2)c1. The molecule has 0 saturated heterocycles. The second-order valence-corrected chi connectivity index (χ2v) is 6.91. The molecule has 0 saturated carbocycles. The van der Waals surface area contributed by atoms with Gasteiger partial charge in [0.2, 0.25) is 0 Å². The minimum atomic E-state index is -4.81. The minimum Gasteiger partial charge on any atom is -0.405 e. The molecule has 1 aromatic heterocycles. The first-order valence-corrected chi connectivity index (χ1v) is 9.66. The van der Waals surface area contributed by atoms with E-state index in [9.17, 15) is 18.0 Å². The number of alkyl halides is 3. The number of benzene rings is 3. The maximum Gasteiger partial charge on any atom is 0.573 e. The second kappa shape index (κ2) is 8.93. The summed E-state index contributed by atoms with van der Waals surface area (Å²) >= 11 is 0. The number of halogens is 3. The number of hydrogen-bond donors (Lipinski definition) is 1. The average Bonchev–Trinajstić information content (AvgIpc) is 2.79. The van der Waals surface area contributed by atoms with Crippen LogP contribution in [0.15, 0.2) is 97.3 Å². The predicted molar refractivity (Wildman–Crippen MR) is 116 cm³/mol. The van der Waals surface area contributed by atoms with Crippen LogP contribution < -0.4 is 10.1 Å². The molecule has 1 heterocycles. The fourth-order valence-corrected chi connectivity index (χ4v) is 3.24. The van der Waals surface area contributed by atoms with Crippen LogP contribution in [0.25, 0.3) is 22.3 Å². The number of pyridine rings is 1. The zero-order valence-electron chi connectivity index (χ0n) is 16.6. The average molecular weight is 434 g/mol. The fourth-order valence-electron chi connectivity index (χ4n) is 3.24. The van der Waals surface area contributed by atoms with Crippen molar-refractivity contribution >= 4 is 11.6 Å². The Balaban J connectivity index is 1.58. The van der Waals surface area contributed by atoms with Crippen molar-refractivity contribution in [2.24, 2.45) is 0 Å². The first-order valence-electron chi connectivity index (χ1n) is 9.66. The summed E-state index contributed by atoms with van der Waals surface area (Å²) in [7, 11) is 0. The van der Waals surface area contributed by atoms with Crippen molar-refractivity contribution in [1.29, 1.82) is 0 Å². The van der Waals surface area contributed by atoms with Crippen LogP contribution in [0.3, 0.4) is 0 Å². The van der Waals surface area contributed by atoms with Crippen LogP contribution in [0.2, 0.25) is 0 Å². The van der Waals surface area contributed by atoms with Gasteiger partial charge in [0, 0.05) is 29.2 Å². The van der Waals surface area contributed by atoms with Crippen molar-refractivity contribution in [2.45, 2.75) is 6.36 Å². The van der Waals surface area contributed by atoms with Crippen molar-refractivity contribution < 1.29 is 22.7 Å². The topological polar surface area (TPSA) is 51.2 Å². The van der Waals surface area contributed by atoms with Crippen LogP contribution in [-0.4, -0.2) is 17.3 Å². The van der Waals surface area contributed by atoms with Crippen molar-refractivity contribution in [3.05, 3.63) is 103 Å². The van der Waals surface area contributed by atoms with E-state index in [1.165, 1.54) is 24.4 Å². The van der Waals surface area contributed by atoms with Crippen molar-refractivity contribution in [1.82, 2.24) is 4.98 Å². The zero-order valence-corrected chi connectivity index (χ0v) is 16.6. The van der Waals surface area contributed by atoms with Gasteiger partial charge in [-0.2, -0.15) is 0 Å². The molecule has 0 fully saturated rings. The van der Waals surface area contributed by atoms with Crippen LogP contribution in [0.4, 0.5) is 18.9 Å². The van der Waals surface area contributed by atoms with Crippen LogP contribution in [0.5, 0.6) is 5.75 Å². The Morgan fingerprint density at radius 2 is 1.50 bits per heavy atom. The molecule has 0 aliphatic rings. The first kappa shape index (κ1) is 21.1. The largest absolute Gasteiger partial charge is 0.573 e. The van der Waals surface area contributed by atoms with Gasteiger partial charge < -0.3 is 10.1 Å². The molecule has 3 aromatic carbocycles. The first-order chi connectivity index (χ1) is 15.4. The normalized spacial score (nSPS) is 11.1. The lowest BCUT2D eigenvalue weighted by atomic mass is 10.0. The molecule has 0 radical (unpaired) electrons. The monoisotopic (exact) mass is 434 g/mol. The molecule has 1 amide bonds. The van der Waals surface area contributed by atoms with Crippen LogP contribution in [0.1, 0.15) is 10.4 Å². The second-order valence-electron chi connectivity index (χ2n) is 6.91. The van der Waals surface area contributed by atoms with Crippen molar-refractivity contribution in [2.75, 3.05) is 5.32 Å². The molecule has 0 aliphatic carbocycles. The zero-order chi connectivity index (χ0) is 22.6. The maximum atomic E-state index is 12.8. The standard InChI is InChI=1S/C25H17F3N2O2/c26-25(27,28)32-23-12-5-4-11-22(23)18-9-6-10-21(14-18)30-24(31)20-13-19(15-29-16-20)17-7-2-1-3-8-17/h1-16H,(H,30,31). The highest BCUT2D eigenvalue weighted by molar-refractivity contribution is 6.05. The Morgan fingerprint density at radius 3 is 2.28 bits per heavy atom. The number of nitrogens with zero attached hydrogens (tertiary/aromatic N) is 1. The molecule has 0 bridgehead atoms. The number of carbonyl (C=O) groups excluding carboxylic acids is 1. The van der Waals surface area contributed by atoms with Crippen LogP contribution in [-0.2, 0) is 0 Å². The molecule has 0 aliphatic heterocycles. The van der Waals surface area contributed by atoms with Crippen LogP contribution >= 0.6 is 0 Å². The van der Waals surface area contributed by atoms with Crippen molar-refractivity contribution in [3.8, 4) is 28.0 Å². The Morgan fingerprint density at radius 1 is 0.781 bits per heavy atom. The maximum absolute atomic E-state index is 12.8. The molecule has 7 heteroatoms. The minimum absolute atomic E-state index is 0.258. The van der Waals surface area contributed by atoms with Gasteiger partial charge in [-0.3, -0.25) is 9.78 Å². The summed E-state index contributed by atoms with van der Waals surface area (Å²) < 4.78 is 42.4. The highest BCUT2D eigenvalue weighted by Gasteiger charge is 2.32. The smallest absolute Gasteiger partial charge is 0.405 e. The predicted octanol–water partition coefficient (Wildman–Crippen LogP) is 6.57. The summed E-state index contributed by atoms with van der Waals surface area (Å²) in [5, 5.41) is 2.77. The molecular formula is C25H17F3N2O2. The van der Waals surface area contributed by atoms with E-state index in [-0.39, 0.29) is 17.2 Å². The summed E-state index contributed by atoms with van der Waals surface area (Å²) in [5.74, 6) is -0.699. The Labute approximate surface area is 182 Å². The van der Waals surface area contributed by atoms with Gasteiger partial charge in [0.1, 0.15) is 5.75 Å². The van der Waals surface area contributed by atoms with E-state index < -0.39 is 6.36 Å². The number of ether oxygens (including phenoxy) is 1. The Hall–Kier alpha value is -4.13. The molecular weight excluding hydrogens is 417 g/mol. The molecule has 0 unspecified atom stereocenters. The lowest BCUT2D eigenvalue weighted by Gasteiger charge is -2.14. The lowest BCUT2D eigenvalue weighted by Crippen LogP contribution is -2.17. The number of anilines is 1. The van der Waals surface area contributed by atoms with Gasteiger partial charge in [0.15, 0.2) is 0 Å². The number of hydrogen-bond acceptors (Lipinski definition) is 3. The molecule has 1 N–H and O–H groups in total. The van der Waals surface area contributed by atoms with E-state index in [1.54, 1.807) is 42.6 Å². The number of carbonyl (C=O) groups is 1. The van der Waals surface area contributed by atoms with Crippen molar-refractivity contribution in [3.63, 3.8) is 0 Å². The number of para-hydroxylation sites is 1. The molecule has 4 aromatic rings. The summed E-state index contributed by atoms with van der Waals surface area (Å²) in [4.78, 5) is 16.9. The summed E-state index contributed by atoms with van der Waals surface area (Å²) in [5.41, 5.74) is 3.24. The highest BCUT2D eigenvalue weighted by atomic mass is 19.4. The quantitative estimate of drug-likeness (QED) is 0.387.